The molecule has 1 aliphatic rings. The van der Waals surface area contributed by atoms with E-state index in [0.29, 0.717) is 6.54 Å². The molecule has 0 radical (unpaired) electrons. The third-order valence-electron chi connectivity index (χ3n) is 1.13. The van der Waals surface area contributed by atoms with E-state index < -0.39 is 0 Å². The highest BCUT2D eigenvalue weighted by atomic mass is 16.1. The molecule has 50 valence electrons. The number of carbonyl (C=O) groups excluding carboxylic acids is 1. The molecule has 0 aromatic rings. The number of nitrogens with zero attached hydrogens (tertiary/aromatic N) is 2. The van der Waals surface area contributed by atoms with Crippen LogP contribution in [0.25, 0.3) is 0 Å². The first-order valence-electron chi connectivity index (χ1n) is 2.87. The molecule has 1 rings (SSSR count). The Labute approximate surface area is 53.5 Å². The first-order chi connectivity index (χ1) is 4.43. The van der Waals surface area contributed by atoms with E-state index in [0.717, 1.165) is 19.4 Å². The van der Waals surface area contributed by atoms with Gasteiger partial charge in [-0.05, 0) is 0 Å². The fraction of sp³-hybridized carbons (Fsp3) is 0.600. The van der Waals surface area contributed by atoms with Crippen molar-refractivity contribution in [2.75, 3.05) is 19.6 Å². The lowest BCUT2D eigenvalue weighted by atomic mass is 10.5. The van der Waals surface area contributed by atoms with Crippen molar-refractivity contribution in [1.29, 1.82) is 0 Å². The zero-order valence-corrected chi connectivity index (χ0v) is 5.08. The quantitative estimate of drug-likeness (QED) is 0.485. The Hall–Kier alpha value is -1.06. The molecule has 0 aromatic carbocycles. The Morgan fingerprint density at radius 1 is 1.89 bits per heavy atom. The Kier molecular flexibility index (Phi) is 2.06. The van der Waals surface area contributed by atoms with E-state index in [-0.39, 0.29) is 0 Å². The van der Waals surface area contributed by atoms with Gasteiger partial charge in [0.05, 0.1) is 13.1 Å². The van der Waals surface area contributed by atoms with Gasteiger partial charge in [-0.3, -0.25) is 0 Å². The molecule has 4 nitrogen and oxygen atoms in total. The Balaban J connectivity index is 2.31. The summed E-state index contributed by atoms with van der Waals surface area (Å²) in [7, 11) is 0. The van der Waals surface area contributed by atoms with Crippen LogP contribution in [0.2, 0.25) is 0 Å². The van der Waals surface area contributed by atoms with E-state index in [9.17, 15) is 4.79 Å². The standard InChI is InChI=1S/C5H9N3O/c9-4-3-8-2-1-6-7-5-8/h4-6H,1-3H2. The highest BCUT2D eigenvalue weighted by Gasteiger charge is 2.00. The van der Waals surface area contributed by atoms with Gasteiger partial charge in [-0.15, -0.1) is 0 Å². The van der Waals surface area contributed by atoms with Crippen molar-refractivity contribution < 1.29 is 4.79 Å². The van der Waals surface area contributed by atoms with Crippen LogP contribution in [-0.4, -0.2) is 37.2 Å². The Morgan fingerprint density at radius 3 is 3.33 bits per heavy atom. The summed E-state index contributed by atoms with van der Waals surface area (Å²) in [6.07, 6.45) is 2.51. The first-order valence-corrected chi connectivity index (χ1v) is 2.87. The zero-order chi connectivity index (χ0) is 6.53. The molecule has 1 aliphatic heterocycles. The van der Waals surface area contributed by atoms with Crippen LogP contribution in [0.15, 0.2) is 5.10 Å². The van der Waals surface area contributed by atoms with Crippen molar-refractivity contribution in [2.24, 2.45) is 5.10 Å². The van der Waals surface area contributed by atoms with Gasteiger partial charge in [-0.2, -0.15) is 5.10 Å². The topological polar surface area (TPSA) is 44.7 Å². The van der Waals surface area contributed by atoms with E-state index >= 15 is 0 Å². The van der Waals surface area contributed by atoms with Gasteiger partial charge in [-0.1, -0.05) is 0 Å². The molecule has 0 fully saturated rings. The van der Waals surface area contributed by atoms with Gasteiger partial charge < -0.3 is 15.1 Å². The van der Waals surface area contributed by atoms with Crippen LogP contribution in [0, 0.1) is 0 Å². The molecule has 0 spiro atoms. The predicted molar refractivity (Wildman–Crippen MR) is 34.1 cm³/mol. The van der Waals surface area contributed by atoms with Crippen LogP contribution in [0.3, 0.4) is 0 Å². The van der Waals surface area contributed by atoms with Crippen molar-refractivity contribution >= 4 is 12.6 Å². The second-order valence-corrected chi connectivity index (χ2v) is 1.81. The summed E-state index contributed by atoms with van der Waals surface area (Å²) in [4.78, 5) is 11.8. The fourth-order valence-electron chi connectivity index (χ4n) is 0.673. The van der Waals surface area contributed by atoms with Crippen LogP contribution in [0.1, 0.15) is 0 Å². The second-order valence-electron chi connectivity index (χ2n) is 1.81. The number of aldehydes is 1. The highest BCUT2D eigenvalue weighted by Crippen LogP contribution is 1.83. The molecule has 0 amide bonds. The van der Waals surface area contributed by atoms with Crippen molar-refractivity contribution in [3.05, 3.63) is 0 Å². The van der Waals surface area contributed by atoms with Gasteiger partial charge >= 0.3 is 0 Å². The second kappa shape index (κ2) is 3.06. The summed E-state index contributed by atoms with van der Waals surface area (Å²) in [5.41, 5.74) is 2.78. The average Bonchev–Trinajstić information content (AvgIpc) is 1.91. The van der Waals surface area contributed by atoms with Crippen LogP contribution >= 0.6 is 0 Å². The fourth-order valence-corrected chi connectivity index (χ4v) is 0.673. The third kappa shape index (κ3) is 1.71. The SMILES string of the molecule is O=CCN1C=NNCC1. The molecular weight excluding hydrogens is 118 g/mol. The van der Waals surface area contributed by atoms with Crippen LogP contribution in [0.4, 0.5) is 0 Å². The van der Waals surface area contributed by atoms with Crippen molar-refractivity contribution in [1.82, 2.24) is 10.3 Å². The maximum Gasteiger partial charge on any atom is 0.139 e. The lowest BCUT2D eigenvalue weighted by Gasteiger charge is -2.19. The molecule has 1 N–H and O–H groups in total. The number of rotatable bonds is 2. The van der Waals surface area contributed by atoms with Crippen LogP contribution < -0.4 is 5.43 Å². The molecule has 0 unspecified atom stereocenters. The van der Waals surface area contributed by atoms with E-state index in [1.807, 2.05) is 4.90 Å². The van der Waals surface area contributed by atoms with E-state index in [1.54, 1.807) is 6.34 Å². The predicted octanol–water partition coefficient (Wildman–Crippen LogP) is -0.966. The summed E-state index contributed by atoms with van der Waals surface area (Å²) in [5.74, 6) is 0. The van der Waals surface area contributed by atoms with Gasteiger partial charge in [-0.25, -0.2) is 0 Å². The van der Waals surface area contributed by atoms with Gasteiger partial charge in [0.1, 0.15) is 12.6 Å². The first kappa shape index (κ1) is 6.07. The average molecular weight is 127 g/mol. The summed E-state index contributed by atoms with van der Waals surface area (Å²) in [5, 5.41) is 3.77. The molecular formula is C5H9N3O. The van der Waals surface area contributed by atoms with Crippen LogP contribution in [0.5, 0.6) is 0 Å². The van der Waals surface area contributed by atoms with E-state index in [4.69, 9.17) is 0 Å². The van der Waals surface area contributed by atoms with Gasteiger partial charge in [0.15, 0.2) is 0 Å². The maximum absolute atomic E-state index is 9.95. The Bertz CT molecular complexity index is 123. The minimum atomic E-state index is 0.450. The van der Waals surface area contributed by atoms with Crippen molar-refractivity contribution in [3.63, 3.8) is 0 Å². The van der Waals surface area contributed by atoms with Gasteiger partial charge in [0, 0.05) is 6.54 Å². The zero-order valence-electron chi connectivity index (χ0n) is 5.08. The Morgan fingerprint density at radius 2 is 2.78 bits per heavy atom. The molecule has 1 heterocycles. The third-order valence-corrected chi connectivity index (χ3v) is 1.13. The molecule has 0 saturated heterocycles. The molecule has 4 heteroatoms. The van der Waals surface area contributed by atoms with Gasteiger partial charge in [0.25, 0.3) is 0 Å². The van der Waals surface area contributed by atoms with Crippen molar-refractivity contribution in [2.45, 2.75) is 0 Å². The molecule has 0 bridgehead atoms. The smallest absolute Gasteiger partial charge is 0.139 e. The largest absolute Gasteiger partial charge is 0.352 e. The normalized spacial score (nSPS) is 17.1. The van der Waals surface area contributed by atoms with Crippen molar-refractivity contribution in [3.8, 4) is 0 Å². The summed E-state index contributed by atoms with van der Waals surface area (Å²) < 4.78 is 0. The monoisotopic (exact) mass is 127 g/mol. The lowest BCUT2D eigenvalue weighted by Crippen LogP contribution is -2.35. The minimum absolute atomic E-state index is 0.450. The lowest BCUT2D eigenvalue weighted by molar-refractivity contribution is -0.108. The molecule has 0 saturated carbocycles. The molecule has 0 atom stereocenters. The van der Waals surface area contributed by atoms with Gasteiger partial charge in [0.2, 0.25) is 0 Å². The highest BCUT2D eigenvalue weighted by molar-refractivity contribution is 5.62. The maximum atomic E-state index is 9.95. The molecule has 0 aliphatic carbocycles. The molecule has 9 heavy (non-hydrogen) atoms. The minimum Gasteiger partial charge on any atom is -0.352 e. The number of carbonyl (C=O) groups is 1. The molecule has 0 aromatic heterocycles. The number of nitrogens with one attached hydrogen (secondary N) is 1. The van der Waals surface area contributed by atoms with Crippen LogP contribution in [-0.2, 0) is 4.79 Å². The number of hydrogen-bond donors (Lipinski definition) is 1. The van der Waals surface area contributed by atoms with E-state index in [1.165, 1.54) is 0 Å². The number of hydrogen-bond acceptors (Lipinski definition) is 4. The summed E-state index contributed by atoms with van der Waals surface area (Å²) in [6.45, 7) is 2.14. The van der Waals surface area contributed by atoms with E-state index in [2.05, 4.69) is 10.5 Å². The number of hydrazone groups is 1. The summed E-state index contributed by atoms with van der Waals surface area (Å²) in [6, 6.07) is 0. The summed E-state index contributed by atoms with van der Waals surface area (Å²) >= 11 is 0.